The molecule has 2 rings (SSSR count). The lowest BCUT2D eigenvalue weighted by molar-refractivity contribution is -0.121. The van der Waals surface area contributed by atoms with Crippen molar-refractivity contribution in [2.45, 2.75) is 26.3 Å². The molecule has 0 saturated carbocycles. The molecule has 1 amide bonds. The van der Waals surface area contributed by atoms with Crippen molar-refractivity contribution in [1.82, 2.24) is 10.2 Å². The first-order valence-corrected chi connectivity index (χ1v) is 10.8. The Morgan fingerprint density at radius 1 is 1.27 bits per heavy atom. The lowest BCUT2D eigenvalue weighted by Crippen LogP contribution is -2.49. The Morgan fingerprint density at radius 2 is 1.88 bits per heavy atom. The number of morpholine rings is 1. The summed E-state index contributed by atoms with van der Waals surface area (Å²) in [5.41, 5.74) is 1.62. The van der Waals surface area contributed by atoms with Crippen LogP contribution in [0.1, 0.15) is 19.4 Å². The topological polar surface area (TPSA) is 79.0 Å². The largest absolute Gasteiger partial charge is 0.379 e. The summed E-state index contributed by atoms with van der Waals surface area (Å²) in [6, 6.07) is 6.45. The normalized spacial score (nSPS) is 16.9. The summed E-state index contributed by atoms with van der Waals surface area (Å²) in [6.45, 7) is 7.98. The van der Waals surface area contributed by atoms with Gasteiger partial charge in [-0.3, -0.25) is 14.0 Å². The summed E-state index contributed by atoms with van der Waals surface area (Å²) in [5.74, 6) is -0.303. The third-order valence-electron chi connectivity index (χ3n) is 4.52. The molecule has 1 unspecified atom stereocenters. The van der Waals surface area contributed by atoms with Gasteiger partial charge in [-0.25, -0.2) is 8.42 Å². The van der Waals surface area contributed by atoms with Crippen LogP contribution in [0.2, 0.25) is 0 Å². The Labute approximate surface area is 156 Å². The molecule has 1 atom stereocenters. The third kappa shape index (κ3) is 5.69. The van der Waals surface area contributed by atoms with Crippen molar-refractivity contribution in [3.05, 3.63) is 29.8 Å². The first-order chi connectivity index (χ1) is 12.3. The number of aryl methyl sites for hydroxylation is 1. The Hall–Kier alpha value is -1.64. The van der Waals surface area contributed by atoms with E-state index in [0.29, 0.717) is 25.4 Å². The maximum Gasteiger partial charge on any atom is 0.243 e. The first-order valence-electron chi connectivity index (χ1n) is 8.99. The van der Waals surface area contributed by atoms with Gasteiger partial charge in [0.1, 0.15) is 6.04 Å². The van der Waals surface area contributed by atoms with Crippen LogP contribution in [0.5, 0.6) is 0 Å². The number of nitrogens with zero attached hydrogens (tertiary/aromatic N) is 2. The number of anilines is 1. The van der Waals surface area contributed by atoms with Gasteiger partial charge in [-0.1, -0.05) is 19.1 Å². The van der Waals surface area contributed by atoms with E-state index in [1.165, 1.54) is 4.31 Å². The second-order valence-electron chi connectivity index (χ2n) is 6.50. The number of hydrogen-bond donors (Lipinski definition) is 1. The van der Waals surface area contributed by atoms with E-state index in [4.69, 9.17) is 4.74 Å². The summed E-state index contributed by atoms with van der Waals surface area (Å²) in [7, 11) is -3.58. The highest BCUT2D eigenvalue weighted by Crippen LogP contribution is 2.21. The van der Waals surface area contributed by atoms with Crippen molar-refractivity contribution in [3.8, 4) is 0 Å². The fraction of sp³-hybridized carbons (Fsp3) is 0.611. The van der Waals surface area contributed by atoms with E-state index in [1.807, 2.05) is 19.1 Å². The van der Waals surface area contributed by atoms with Crippen molar-refractivity contribution in [3.63, 3.8) is 0 Å². The third-order valence-corrected chi connectivity index (χ3v) is 5.76. The molecular formula is C18H29N3O4S. The van der Waals surface area contributed by atoms with Gasteiger partial charge in [0.15, 0.2) is 0 Å². The van der Waals surface area contributed by atoms with E-state index in [0.717, 1.165) is 37.9 Å². The number of ether oxygens (including phenoxy) is 1. The first kappa shape index (κ1) is 20.7. The molecule has 1 heterocycles. The van der Waals surface area contributed by atoms with Crippen LogP contribution in [0.15, 0.2) is 24.3 Å². The summed E-state index contributed by atoms with van der Waals surface area (Å²) < 4.78 is 31.0. The number of carbonyl (C=O) groups excluding carboxylic acids is 1. The number of nitrogens with one attached hydrogen (secondary N) is 1. The monoisotopic (exact) mass is 383 g/mol. The fourth-order valence-electron chi connectivity index (χ4n) is 3.00. The number of carbonyl (C=O) groups is 1. The number of sulfonamides is 1. The molecule has 0 bridgehead atoms. The highest BCUT2D eigenvalue weighted by molar-refractivity contribution is 7.92. The Morgan fingerprint density at radius 3 is 2.42 bits per heavy atom. The molecule has 1 saturated heterocycles. The fourth-order valence-corrected chi connectivity index (χ4v) is 4.17. The Balaban J connectivity index is 2.00. The highest BCUT2D eigenvalue weighted by Gasteiger charge is 2.29. The lowest BCUT2D eigenvalue weighted by Gasteiger charge is -2.29. The standard InChI is InChI=1S/C18H29N3O4S/c1-4-16-5-7-17(8-6-16)21(26(3,23)24)15(2)18(22)19-9-10-20-11-13-25-14-12-20/h5-8,15H,4,9-14H2,1-3H3,(H,19,22). The molecule has 0 spiro atoms. The average Bonchev–Trinajstić information content (AvgIpc) is 2.62. The molecule has 1 N–H and O–H groups in total. The number of amides is 1. The molecular weight excluding hydrogens is 354 g/mol. The zero-order valence-corrected chi connectivity index (χ0v) is 16.6. The van der Waals surface area contributed by atoms with Gasteiger partial charge in [0, 0.05) is 26.2 Å². The van der Waals surface area contributed by atoms with Crippen LogP contribution in [-0.4, -0.2) is 70.9 Å². The van der Waals surface area contributed by atoms with E-state index in [1.54, 1.807) is 19.1 Å². The van der Waals surface area contributed by atoms with E-state index < -0.39 is 16.1 Å². The summed E-state index contributed by atoms with van der Waals surface area (Å²) in [4.78, 5) is 14.7. The quantitative estimate of drug-likeness (QED) is 0.720. The molecule has 26 heavy (non-hydrogen) atoms. The summed E-state index contributed by atoms with van der Waals surface area (Å²) in [5, 5.41) is 2.85. The van der Waals surface area contributed by atoms with Gasteiger partial charge in [0.05, 0.1) is 25.2 Å². The maximum atomic E-state index is 12.5. The smallest absolute Gasteiger partial charge is 0.243 e. The van der Waals surface area contributed by atoms with Gasteiger partial charge in [0.2, 0.25) is 15.9 Å². The van der Waals surface area contributed by atoms with Gasteiger partial charge in [-0.05, 0) is 31.0 Å². The minimum atomic E-state index is -3.58. The molecule has 1 aromatic rings. The minimum absolute atomic E-state index is 0.303. The molecule has 0 radical (unpaired) electrons. The predicted molar refractivity (Wildman–Crippen MR) is 103 cm³/mol. The van der Waals surface area contributed by atoms with E-state index in [-0.39, 0.29) is 5.91 Å². The molecule has 146 valence electrons. The van der Waals surface area contributed by atoms with Crippen LogP contribution in [0.4, 0.5) is 5.69 Å². The van der Waals surface area contributed by atoms with E-state index >= 15 is 0 Å². The zero-order valence-electron chi connectivity index (χ0n) is 15.8. The lowest BCUT2D eigenvalue weighted by atomic mass is 10.1. The van der Waals surface area contributed by atoms with Crippen LogP contribution in [0, 0.1) is 0 Å². The van der Waals surface area contributed by atoms with Gasteiger partial charge >= 0.3 is 0 Å². The van der Waals surface area contributed by atoms with Gasteiger partial charge < -0.3 is 10.1 Å². The average molecular weight is 384 g/mol. The van der Waals surface area contributed by atoms with Crippen LogP contribution in [0.3, 0.4) is 0 Å². The van der Waals surface area contributed by atoms with Crippen molar-refractivity contribution < 1.29 is 17.9 Å². The summed E-state index contributed by atoms with van der Waals surface area (Å²) in [6.07, 6.45) is 2.00. The van der Waals surface area contributed by atoms with Gasteiger partial charge in [-0.2, -0.15) is 0 Å². The molecule has 1 fully saturated rings. The molecule has 8 heteroatoms. The molecule has 1 aliphatic rings. The second kappa shape index (κ2) is 9.34. The number of benzene rings is 1. The van der Waals surface area contributed by atoms with E-state index in [9.17, 15) is 13.2 Å². The minimum Gasteiger partial charge on any atom is -0.379 e. The number of hydrogen-bond acceptors (Lipinski definition) is 5. The zero-order chi connectivity index (χ0) is 19.2. The van der Waals surface area contributed by atoms with E-state index in [2.05, 4.69) is 10.2 Å². The van der Waals surface area contributed by atoms with Crippen LogP contribution >= 0.6 is 0 Å². The van der Waals surface area contributed by atoms with Crippen LogP contribution in [0.25, 0.3) is 0 Å². The second-order valence-corrected chi connectivity index (χ2v) is 8.36. The van der Waals surface area contributed by atoms with Crippen molar-refractivity contribution in [2.24, 2.45) is 0 Å². The SMILES string of the molecule is CCc1ccc(N(C(C)C(=O)NCCN2CCOCC2)S(C)(=O)=O)cc1. The molecule has 1 aromatic carbocycles. The van der Waals surface area contributed by atoms with Crippen molar-refractivity contribution >= 4 is 21.6 Å². The summed E-state index contributed by atoms with van der Waals surface area (Å²) >= 11 is 0. The maximum absolute atomic E-state index is 12.5. The van der Waals surface area contributed by atoms with Crippen molar-refractivity contribution in [2.75, 3.05) is 50.0 Å². The predicted octanol–water partition coefficient (Wildman–Crippen LogP) is 0.852. The highest BCUT2D eigenvalue weighted by atomic mass is 32.2. The van der Waals surface area contributed by atoms with Gasteiger partial charge in [-0.15, -0.1) is 0 Å². The molecule has 1 aliphatic heterocycles. The Kier molecular flexibility index (Phi) is 7.43. The molecule has 7 nitrogen and oxygen atoms in total. The molecule has 0 aliphatic carbocycles. The van der Waals surface area contributed by atoms with Crippen molar-refractivity contribution in [1.29, 1.82) is 0 Å². The van der Waals surface area contributed by atoms with Crippen LogP contribution < -0.4 is 9.62 Å². The molecule has 0 aromatic heterocycles. The van der Waals surface area contributed by atoms with Gasteiger partial charge in [0.25, 0.3) is 0 Å². The number of rotatable bonds is 8. The Bertz CT molecular complexity index is 685. The van der Waals surface area contributed by atoms with Crippen LogP contribution in [-0.2, 0) is 26.0 Å².